The number of nitrogens with zero attached hydrogens (tertiary/aromatic N) is 2. The van der Waals surface area contributed by atoms with E-state index in [1.807, 2.05) is 12.1 Å². The number of hydrogen-bond donors (Lipinski definition) is 1. The molecule has 0 aliphatic heterocycles. The van der Waals surface area contributed by atoms with Crippen molar-refractivity contribution in [1.29, 1.82) is 0 Å². The number of pyridine rings is 1. The van der Waals surface area contributed by atoms with Gasteiger partial charge in [0.25, 0.3) is 0 Å². The molecular weight excluding hydrogens is 289 g/mol. The van der Waals surface area contributed by atoms with Crippen LogP contribution in [0.3, 0.4) is 0 Å². The van der Waals surface area contributed by atoms with Crippen molar-refractivity contribution in [2.75, 3.05) is 5.43 Å². The SMILES string of the molecule is Fc1cccc(/C=N/Nc2ccnc3cc(Cl)ccc23)c1. The molecular formula is C16H11ClFN3. The number of fused-ring (bicyclic) bond motifs is 1. The first-order chi connectivity index (χ1) is 10.2. The van der Waals surface area contributed by atoms with Gasteiger partial charge in [-0.25, -0.2) is 4.39 Å². The highest BCUT2D eigenvalue weighted by atomic mass is 35.5. The number of halogens is 2. The molecule has 3 nitrogen and oxygen atoms in total. The number of benzene rings is 2. The molecule has 104 valence electrons. The second kappa shape index (κ2) is 5.89. The van der Waals surface area contributed by atoms with Gasteiger partial charge in [-0.15, -0.1) is 0 Å². The van der Waals surface area contributed by atoms with Crippen LogP contribution in [0.4, 0.5) is 10.1 Å². The van der Waals surface area contributed by atoms with Gasteiger partial charge in [-0.2, -0.15) is 5.10 Å². The molecule has 1 N–H and O–H groups in total. The quantitative estimate of drug-likeness (QED) is 0.572. The summed E-state index contributed by atoms with van der Waals surface area (Å²) in [6.07, 6.45) is 3.24. The summed E-state index contributed by atoms with van der Waals surface area (Å²) in [5.41, 5.74) is 5.22. The number of nitrogens with one attached hydrogen (secondary N) is 1. The van der Waals surface area contributed by atoms with Gasteiger partial charge in [0.1, 0.15) is 5.82 Å². The Morgan fingerprint density at radius 2 is 2.05 bits per heavy atom. The molecule has 5 heteroatoms. The van der Waals surface area contributed by atoms with Crippen molar-refractivity contribution < 1.29 is 4.39 Å². The van der Waals surface area contributed by atoms with E-state index in [2.05, 4.69) is 15.5 Å². The molecule has 0 atom stereocenters. The largest absolute Gasteiger partial charge is 0.278 e. The van der Waals surface area contributed by atoms with Gasteiger partial charge in [0, 0.05) is 16.6 Å². The van der Waals surface area contributed by atoms with Crippen LogP contribution >= 0.6 is 11.6 Å². The van der Waals surface area contributed by atoms with Gasteiger partial charge in [0.05, 0.1) is 17.4 Å². The normalized spacial score (nSPS) is 11.1. The predicted octanol–water partition coefficient (Wildman–Crippen LogP) is 4.47. The van der Waals surface area contributed by atoms with Crippen molar-refractivity contribution in [3.63, 3.8) is 0 Å². The minimum absolute atomic E-state index is 0.289. The van der Waals surface area contributed by atoms with Crippen LogP contribution in [0.5, 0.6) is 0 Å². The Hall–Kier alpha value is -2.46. The first-order valence-electron chi connectivity index (χ1n) is 6.31. The number of aromatic nitrogens is 1. The fourth-order valence-corrected chi connectivity index (χ4v) is 2.15. The highest BCUT2D eigenvalue weighted by Gasteiger charge is 2.01. The predicted molar refractivity (Wildman–Crippen MR) is 84.4 cm³/mol. The van der Waals surface area contributed by atoms with Crippen molar-refractivity contribution in [1.82, 2.24) is 4.98 Å². The third-order valence-corrected chi connectivity index (χ3v) is 3.19. The maximum atomic E-state index is 13.1. The molecule has 0 fully saturated rings. The van der Waals surface area contributed by atoms with Crippen LogP contribution < -0.4 is 5.43 Å². The molecule has 0 bridgehead atoms. The fourth-order valence-electron chi connectivity index (χ4n) is 1.98. The lowest BCUT2D eigenvalue weighted by molar-refractivity contribution is 0.627. The second-order valence-electron chi connectivity index (χ2n) is 4.44. The zero-order chi connectivity index (χ0) is 14.7. The van der Waals surface area contributed by atoms with Gasteiger partial charge in [0.2, 0.25) is 0 Å². The van der Waals surface area contributed by atoms with E-state index < -0.39 is 0 Å². The molecule has 1 aromatic heterocycles. The summed E-state index contributed by atoms with van der Waals surface area (Å²) in [6, 6.07) is 13.5. The Morgan fingerprint density at radius 3 is 2.90 bits per heavy atom. The summed E-state index contributed by atoms with van der Waals surface area (Å²) in [6.45, 7) is 0. The highest BCUT2D eigenvalue weighted by molar-refractivity contribution is 6.31. The topological polar surface area (TPSA) is 37.3 Å². The Labute approximate surface area is 126 Å². The van der Waals surface area contributed by atoms with E-state index in [1.54, 1.807) is 36.7 Å². The summed E-state index contributed by atoms with van der Waals surface area (Å²) in [5.74, 6) is -0.289. The van der Waals surface area contributed by atoms with Crippen LogP contribution in [0.15, 0.2) is 59.8 Å². The van der Waals surface area contributed by atoms with Gasteiger partial charge in [-0.1, -0.05) is 23.7 Å². The van der Waals surface area contributed by atoms with E-state index >= 15 is 0 Å². The number of rotatable bonds is 3. The summed E-state index contributed by atoms with van der Waals surface area (Å²) in [4.78, 5) is 4.25. The minimum Gasteiger partial charge on any atom is -0.278 e. The standard InChI is InChI=1S/C16H11ClFN3/c17-12-4-5-14-15(6-7-19-16(14)9-12)21-20-10-11-2-1-3-13(18)8-11/h1-10H,(H,19,21)/b20-10+. The van der Waals surface area contributed by atoms with Crippen LogP contribution in [-0.2, 0) is 0 Å². The molecule has 0 saturated carbocycles. The molecule has 21 heavy (non-hydrogen) atoms. The van der Waals surface area contributed by atoms with Crippen molar-refractivity contribution in [3.05, 3.63) is 71.1 Å². The molecule has 0 aliphatic carbocycles. The van der Waals surface area contributed by atoms with Crippen LogP contribution in [-0.4, -0.2) is 11.2 Å². The summed E-state index contributed by atoms with van der Waals surface area (Å²) in [7, 11) is 0. The van der Waals surface area contributed by atoms with E-state index in [0.717, 1.165) is 16.6 Å². The minimum atomic E-state index is -0.289. The molecule has 3 rings (SSSR count). The highest BCUT2D eigenvalue weighted by Crippen LogP contribution is 2.24. The number of anilines is 1. The van der Waals surface area contributed by atoms with Gasteiger partial charge >= 0.3 is 0 Å². The summed E-state index contributed by atoms with van der Waals surface area (Å²) >= 11 is 5.94. The average molecular weight is 300 g/mol. The van der Waals surface area contributed by atoms with Crippen molar-refractivity contribution in [2.24, 2.45) is 5.10 Å². The maximum absolute atomic E-state index is 13.1. The molecule has 1 heterocycles. The van der Waals surface area contributed by atoms with Crippen molar-refractivity contribution in [3.8, 4) is 0 Å². The molecule has 2 aromatic carbocycles. The first kappa shape index (κ1) is 13.5. The van der Waals surface area contributed by atoms with Gasteiger partial charge in [-0.3, -0.25) is 10.4 Å². The third-order valence-electron chi connectivity index (χ3n) is 2.95. The van der Waals surface area contributed by atoms with E-state index in [9.17, 15) is 4.39 Å². The molecule has 0 aliphatic rings. The maximum Gasteiger partial charge on any atom is 0.123 e. The van der Waals surface area contributed by atoms with E-state index in [1.165, 1.54) is 12.1 Å². The number of hydrogen-bond acceptors (Lipinski definition) is 3. The van der Waals surface area contributed by atoms with Gasteiger partial charge in [0.15, 0.2) is 0 Å². The van der Waals surface area contributed by atoms with Gasteiger partial charge < -0.3 is 0 Å². The Balaban J connectivity index is 1.85. The molecule has 0 spiro atoms. The second-order valence-corrected chi connectivity index (χ2v) is 4.88. The molecule has 3 aromatic rings. The summed E-state index contributed by atoms with van der Waals surface area (Å²) < 4.78 is 13.1. The van der Waals surface area contributed by atoms with Crippen LogP contribution in [0.1, 0.15) is 5.56 Å². The van der Waals surface area contributed by atoms with Crippen LogP contribution in [0.2, 0.25) is 5.02 Å². The zero-order valence-electron chi connectivity index (χ0n) is 10.9. The Kier molecular flexibility index (Phi) is 3.79. The Bertz CT molecular complexity index is 817. The number of hydrazone groups is 1. The molecule has 0 saturated heterocycles. The van der Waals surface area contributed by atoms with Gasteiger partial charge in [-0.05, 0) is 42.0 Å². The van der Waals surface area contributed by atoms with E-state index in [0.29, 0.717) is 10.6 Å². The lowest BCUT2D eigenvalue weighted by atomic mass is 10.2. The molecule has 0 unspecified atom stereocenters. The monoisotopic (exact) mass is 299 g/mol. The molecule has 0 radical (unpaired) electrons. The lowest BCUT2D eigenvalue weighted by Crippen LogP contribution is -1.93. The third kappa shape index (κ3) is 3.17. The fraction of sp³-hybridized carbons (Fsp3) is 0. The van der Waals surface area contributed by atoms with Crippen molar-refractivity contribution in [2.45, 2.75) is 0 Å². The van der Waals surface area contributed by atoms with Crippen molar-refractivity contribution >= 4 is 34.4 Å². The van der Waals surface area contributed by atoms with E-state index in [4.69, 9.17) is 11.6 Å². The lowest BCUT2D eigenvalue weighted by Gasteiger charge is -2.05. The van der Waals surface area contributed by atoms with E-state index in [-0.39, 0.29) is 5.82 Å². The molecule has 0 amide bonds. The zero-order valence-corrected chi connectivity index (χ0v) is 11.7. The summed E-state index contributed by atoms with van der Waals surface area (Å²) in [5, 5.41) is 5.67. The van der Waals surface area contributed by atoms with Crippen LogP contribution in [0, 0.1) is 5.82 Å². The smallest absolute Gasteiger partial charge is 0.123 e. The Morgan fingerprint density at radius 1 is 1.14 bits per heavy atom. The van der Waals surface area contributed by atoms with Crippen LogP contribution in [0.25, 0.3) is 10.9 Å². The first-order valence-corrected chi connectivity index (χ1v) is 6.69. The average Bonchev–Trinajstić information content (AvgIpc) is 2.47.